The van der Waals surface area contributed by atoms with E-state index in [4.69, 9.17) is 4.98 Å². The Balaban J connectivity index is 1.80. The van der Waals surface area contributed by atoms with Gasteiger partial charge in [-0.3, -0.25) is 4.79 Å². The minimum absolute atomic E-state index is 0.301. The fraction of sp³-hybridized carbons (Fsp3) is 0.733. The van der Waals surface area contributed by atoms with Crippen molar-refractivity contribution in [3.05, 3.63) is 10.6 Å². The molecule has 1 aromatic rings. The van der Waals surface area contributed by atoms with Gasteiger partial charge in [0.1, 0.15) is 0 Å². The van der Waals surface area contributed by atoms with E-state index < -0.39 is 0 Å². The Hall–Kier alpha value is -0.900. The van der Waals surface area contributed by atoms with Crippen molar-refractivity contribution in [1.29, 1.82) is 0 Å². The molecule has 0 N–H and O–H groups in total. The van der Waals surface area contributed by atoms with Crippen LogP contribution in [0.3, 0.4) is 0 Å². The third kappa shape index (κ3) is 2.55. The first-order valence-electron chi connectivity index (χ1n) is 7.41. The Morgan fingerprint density at radius 3 is 2.84 bits per heavy atom. The summed E-state index contributed by atoms with van der Waals surface area (Å²) in [5.41, 5.74) is 1.05. The molecule has 0 amide bonds. The smallest absolute Gasteiger partial charge is 0.186 e. The number of carbonyl (C=O) groups excluding carboxylic acids is 1. The number of aryl methyl sites for hydroxylation is 1. The van der Waals surface area contributed by atoms with Gasteiger partial charge in [0.25, 0.3) is 0 Å². The highest BCUT2D eigenvalue weighted by molar-refractivity contribution is 7.17. The second-order valence-electron chi connectivity index (χ2n) is 6.09. The van der Waals surface area contributed by atoms with Gasteiger partial charge in [0, 0.05) is 19.5 Å². The van der Waals surface area contributed by atoms with Gasteiger partial charge < -0.3 is 4.90 Å². The maximum absolute atomic E-state index is 11.9. The second kappa shape index (κ2) is 5.23. The van der Waals surface area contributed by atoms with Crippen LogP contribution in [0.2, 0.25) is 0 Å². The van der Waals surface area contributed by atoms with E-state index in [0.29, 0.717) is 18.2 Å². The summed E-state index contributed by atoms with van der Waals surface area (Å²) in [5.74, 6) is 1.12. The molecule has 0 bridgehead atoms. The Morgan fingerprint density at radius 1 is 1.26 bits per heavy atom. The lowest BCUT2D eigenvalue weighted by Crippen LogP contribution is -2.35. The van der Waals surface area contributed by atoms with Gasteiger partial charge in [-0.25, -0.2) is 4.98 Å². The van der Waals surface area contributed by atoms with E-state index in [1.165, 1.54) is 25.7 Å². The maximum atomic E-state index is 11.9. The van der Waals surface area contributed by atoms with Crippen molar-refractivity contribution in [3.8, 4) is 0 Å². The fourth-order valence-corrected chi connectivity index (χ4v) is 4.43. The zero-order valence-corrected chi connectivity index (χ0v) is 12.6. The first-order valence-corrected chi connectivity index (χ1v) is 8.22. The first-order chi connectivity index (χ1) is 9.15. The molecule has 1 heterocycles. The molecule has 3 nitrogen and oxygen atoms in total. The molecule has 1 saturated carbocycles. The summed E-state index contributed by atoms with van der Waals surface area (Å²) in [6.45, 7) is 2.34. The van der Waals surface area contributed by atoms with Gasteiger partial charge in [-0.15, -0.1) is 0 Å². The van der Waals surface area contributed by atoms with Crippen LogP contribution in [-0.4, -0.2) is 23.9 Å². The topological polar surface area (TPSA) is 33.2 Å². The molecule has 0 radical (unpaired) electrons. The van der Waals surface area contributed by atoms with Crippen LogP contribution in [0.1, 0.15) is 60.8 Å². The van der Waals surface area contributed by atoms with E-state index in [1.807, 2.05) is 0 Å². The number of fused-ring (bicyclic) bond motifs is 1. The summed E-state index contributed by atoms with van der Waals surface area (Å²) in [6, 6.07) is 0.603. The number of thiazole rings is 1. The molecule has 0 aromatic carbocycles. The highest BCUT2D eigenvalue weighted by atomic mass is 32.1. The average Bonchev–Trinajstić information content (AvgIpc) is 2.83. The van der Waals surface area contributed by atoms with Crippen LogP contribution in [0.4, 0.5) is 5.13 Å². The van der Waals surface area contributed by atoms with Crippen LogP contribution in [-0.2, 0) is 6.42 Å². The summed E-state index contributed by atoms with van der Waals surface area (Å²) in [4.78, 5) is 19.9. The number of ketones is 1. The predicted octanol–water partition coefficient (Wildman–Crippen LogP) is 3.68. The normalized spacial score (nSPS) is 27.2. The Kier molecular flexibility index (Phi) is 3.61. The van der Waals surface area contributed by atoms with Crippen molar-refractivity contribution in [2.45, 2.75) is 57.9 Å². The fourth-order valence-electron chi connectivity index (χ4n) is 3.32. The number of hydrogen-bond donors (Lipinski definition) is 0. The molecular weight excluding hydrogens is 256 g/mol. The van der Waals surface area contributed by atoms with Crippen molar-refractivity contribution in [3.63, 3.8) is 0 Å². The van der Waals surface area contributed by atoms with Gasteiger partial charge in [-0.2, -0.15) is 0 Å². The number of aromatic nitrogens is 1. The van der Waals surface area contributed by atoms with Crippen molar-refractivity contribution in [2.75, 3.05) is 11.9 Å². The van der Waals surface area contributed by atoms with Gasteiger partial charge in [0.05, 0.1) is 10.6 Å². The molecule has 3 rings (SSSR count). The lowest BCUT2D eigenvalue weighted by atomic mass is 9.86. The second-order valence-corrected chi connectivity index (χ2v) is 7.06. The molecule has 0 spiro atoms. The monoisotopic (exact) mass is 278 g/mol. The highest BCUT2D eigenvalue weighted by Gasteiger charge is 2.27. The first kappa shape index (κ1) is 13.1. The number of anilines is 1. The Morgan fingerprint density at radius 2 is 2.11 bits per heavy atom. The van der Waals surface area contributed by atoms with Gasteiger partial charge in [-0.1, -0.05) is 31.1 Å². The number of nitrogens with zero attached hydrogens (tertiary/aromatic N) is 2. The third-order valence-corrected chi connectivity index (χ3v) is 5.74. The largest absolute Gasteiger partial charge is 0.348 e. The molecule has 2 atom stereocenters. The minimum atomic E-state index is 0.301. The molecule has 2 unspecified atom stereocenters. The molecule has 0 aliphatic heterocycles. The van der Waals surface area contributed by atoms with E-state index in [9.17, 15) is 4.79 Å². The summed E-state index contributed by atoms with van der Waals surface area (Å²) < 4.78 is 0. The van der Waals surface area contributed by atoms with Crippen LogP contribution < -0.4 is 4.90 Å². The quantitative estimate of drug-likeness (QED) is 0.827. The van der Waals surface area contributed by atoms with E-state index in [2.05, 4.69) is 18.9 Å². The van der Waals surface area contributed by atoms with E-state index >= 15 is 0 Å². The van der Waals surface area contributed by atoms with E-state index in [0.717, 1.165) is 34.5 Å². The lowest BCUT2D eigenvalue weighted by Gasteiger charge is -2.33. The number of hydrogen-bond acceptors (Lipinski definition) is 4. The van der Waals surface area contributed by atoms with Gasteiger partial charge in [0.2, 0.25) is 0 Å². The summed E-state index contributed by atoms with van der Waals surface area (Å²) in [6.07, 6.45) is 7.86. The summed E-state index contributed by atoms with van der Waals surface area (Å²) in [7, 11) is 2.15. The SMILES string of the molecule is CC1CCCC(N(C)c2nc3c(s2)C(=O)CCC3)C1. The Labute approximate surface area is 119 Å². The van der Waals surface area contributed by atoms with Crippen LogP contribution in [0.5, 0.6) is 0 Å². The molecule has 104 valence electrons. The summed E-state index contributed by atoms with van der Waals surface area (Å²) >= 11 is 1.61. The third-order valence-electron chi connectivity index (χ3n) is 4.51. The highest BCUT2D eigenvalue weighted by Crippen LogP contribution is 2.35. The Bertz CT molecular complexity index is 482. The zero-order chi connectivity index (χ0) is 13.4. The average molecular weight is 278 g/mol. The minimum Gasteiger partial charge on any atom is -0.348 e. The molecule has 0 saturated heterocycles. The molecule has 4 heteroatoms. The molecule has 19 heavy (non-hydrogen) atoms. The van der Waals surface area contributed by atoms with Gasteiger partial charge >= 0.3 is 0 Å². The van der Waals surface area contributed by atoms with E-state index in [-0.39, 0.29) is 0 Å². The molecule has 1 aromatic heterocycles. The van der Waals surface area contributed by atoms with Crippen LogP contribution in [0, 0.1) is 5.92 Å². The lowest BCUT2D eigenvalue weighted by molar-refractivity contribution is 0.0976. The van der Waals surface area contributed by atoms with Gasteiger partial charge in [0.15, 0.2) is 10.9 Å². The van der Waals surface area contributed by atoms with E-state index in [1.54, 1.807) is 11.3 Å². The number of carbonyl (C=O) groups is 1. The molecule has 2 aliphatic rings. The van der Waals surface area contributed by atoms with Crippen LogP contribution in [0.25, 0.3) is 0 Å². The molecule has 1 fully saturated rings. The number of Topliss-reactive ketones (excluding diaryl/α,β-unsaturated/α-hetero) is 1. The zero-order valence-electron chi connectivity index (χ0n) is 11.8. The van der Waals surface area contributed by atoms with Crippen LogP contribution in [0.15, 0.2) is 0 Å². The molecular formula is C15H22N2OS. The van der Waals surface area contributed by atoms with Crippen molar-refractivity contribution in [1.82, 2.24) is 4.98 Å². The van der Waals surface area contributed by atoms with Crippen molar-refractivity contribution in [2.24, 2.45) is 5.92 Å². The maximum Gasteiger partial charge on any atom is 0.186 e. The standard InChI is InChI=1S/C15H22N2OS/c1-10-5-3-6-11(9-10)17(2)15-16-12-7-4-8-13(18)14(12)19-15/h10-11H,3-9H2,1-2H3. The van der Waals surface area contributed by atoms with Crippen molar-refractivity contribution < 1.29 is 4.79 Å². The predicted molar refractivity (Wildman–Crippen MR) is 79.2 cm³/mol. The number of rotatable bonds is 2. The summed E-state index contributed by atoms with van der Waals surface area (Å²) in [5, 5.41) is 1.05. The van der Waals surface area contributed by atoms with Crippen LogP contribution >= 0.6 is 11.3 Å². The van der Waals surface area contributed by atoms with Gasteiger partial charge in [-0.05, 0) is 31.6 Å². The van der Waals surface area contributed by atoms with Crippen molar-refractivity contribution >= 4 is 22.3 Å². The molecule has 2 aliphatic carbocycles.